The summed E-state index contributed by atoms with van der Waals surface area (Å²) < 4.78 is 0. The molecule has 0 radical (unpaired) electrons. The summed E-state index contributed by atoms with van der Waals surface area (Å²) in [7, 11) is 2.16. The van der Waals surface area contributed by atoms with E-state index >= 15 is 0 Å². The highest BCUT2D eigenvalue weighted by Gasteiger charge is 2.21. The topological polar surface area (TPSA) is 52.6 Å². The Hall–Kier alpha value is -0.610. The second-order valence-corrected chi connectivity index (χ2v) is 5.55. The molecule has 4 nitrogen and oxygen atoms in total. The standard InChI is InChI=1S/C13H26N2O2/c1-10(2)12(13(16)17)14-7-4-11-5-8-15(3)9-6-11/h10-12,14H,4-9H2,1-3H3,(H,16,17). The molecule has 1 aliphatic heterocycles. The van der Waals surface area contributed by atoms with Crippen molar-refractivity contribution in [2.24, 2.45) is 11.8 Å². The van der Waals surface area contributed by atoms with Gasteiger partial charge < -0.3 is 15.3 Å². The fourth-order valence-corrected chi connectivity index (χ4v) is 2.40. The lowest BCUT2D eigenvalue weighted by molar-refractivity contribution is -0.140. The molecule has 4 heteroatoms. The SMILES string of the molecule is CC(C)C(NCCC1CCN(C)CC1)C(=O)O. The molecule has 17 heavy (non-hydrogen) atoms. The lowest BCUT2D eigenvalue weighted by Gasteiger charge is -2.29. The first kappa shape index (κ1) is 14.5. The monoisotopic (exact) mass is 242 g/mol. The molecule has 0 aromatic heterocycles. The molecular weight excluding hydrogens is 216 g/mol. The van der Waals surface area contributed by atoms with Gasteiger partial charge in [0, 0.05) is 0 Å². The number of carboxylic acids is 1. The van der Waals surface area contributed by atoms with E-state index in [1.807, 2.05) is 13.8 Å². The minimum absolute atomic E-state index is 0.144. The number of piperidine rings is 1. The molecule has 0 amide bonds. The maximum Gasteiger partial charge on any atom is 0.320 e. The van der Waals surface area contributed by atoms with E-state index in [-0.39, 0.29) is 5.92 Å². The van der Waals surface area contributed by atoms with Crippen LogP contribution in [0.15, 0.2) is 0 Å². The van der Waals surface area contributed by atoms with E-state index in [0.29, 0.717) is 0 Å². The van der Waals surface area contributed by atoms with Gasteiger partial charge in [0.25, 0.3) is 0 Å². The minimum Gasteiger partial charge on any atom is -0.480 e. The Morgan fingerprint density at radius 2 is 2.00 bits per heavy atom. The van der Waals surface area contributed by atoms with Crippen molar-refractivity contribution in [1.29, 1.82) is 0 Å². The average molecular weight is 242 g/mol. The van der Waals surface area contributed by atoms with Gasteiger partial charge in [-0.05, 0) is 57.8 Å². The summed E-state index contributed by atoms with van der Waals surface area (Å²) in [4.78, 5) is 13.4. The molecule has 0 bridgehead atoms. The molecule has 1 heterocycles. The van der Waals surface area contributed by atoms with Gasteiger partial charge in [0.1, 0.15) is 6.04 Å². The van der Waals surface area contributed by atoms with Crippen LogP contribution in [-0.4, -0.2) is 48.7 Å². The van der Waals surface area contributed by atoms with Gasteiger partial charge in [-0.15, -0.1) is 0 Å². The molecule has 0 saturated carbocycles. The molecule has 0 spiro atoms. The summed E-state index contributed by atoms with van der Waals surface area (Å²) in [6.45, 7) is 7.07. The summed E-state index contributed by atoms with van der Waals surface area (Å²) >= 11 is 0. The van der Waals surface area contributed by atoms with Crippen LogP contribution >= 0.6 is 0 Å². The van der Waals surface area contributed by atoms with Gasteiger partial charge in [-0.3, -0.25) is 4.79 Å². The van der Waals surface area contributed by atoms with E-state index in [2.05, 4.69) is 17.3 Å². The highest BCUT2D eigenvalue weighted by atomic mass is 16.4. The predicted molar refractivity (Wildman–Crippen MR) is 69.1 cm³/mol. The largest absolute Gasteiger partial charge is 0.480 e. The van der Waals surface area contributed by atoms with E-state index in [4.69, 9.17) is 5.11 Å². The second kappa shape index (κ2) is 6.97. The van der Waals surface area contributed by atoms with Gasteiger partial charge in [-0.25, -0.2) is 0 Å². The van der Waals surface area contributed by atoms with Gasteiger partial charge >= 0.3 is 5.97 Å². The van der Waals surface area contributed by atoms with Gasteiger partial charge in [-0.2, -0.15) is 0 Å². The van der Waals surface area contributed by atoms with Gasteiger partial charge in [0.05, 0.1) is 0 Å². The number of hydrogen-bond acceptors (Lipinski definition) is 3. The summed E-state index contributed by atoms with van der Waals surface area (Å²) in [5.41, 5.74) is 0. The summed E-state index contributed by atoms with van der Waals surface area (Å²) in [5, 5.41) is 12.2. The molecule has 1 fully saturated rings. The number of aliphatic carboxylic acids is 1. The molecule has 0 aromatic rings. The molecule has 1 rings (SSSR count). The van der Waals surface area contributed by atoms with Crippen LogP contribution in [0.5, 0.6) is 0 Å². The third-order valence-corrected chi connectivity index (χ3v) is 3.69. The number of nitrogens with one attached hydrogen (secondary N) is 1. The maximum absolute atomic E-state index is 11.0. The van der Waals surface area contributed by atoms with Crippen LogP contribution in [0.4, 0.5) is 0 Å². The van der Waals surface area contributed by atoms with E-state index in [1.54, 1.807) is 0 Å². The highest BCUT2D eigenvalue weighted by molar-refractivity contribution is 5.73. The van der Waals surface area contributed by atoms with E-state index in [9.17, 15) is 4.79 Å². The van der Waals surface area contributed by atoms with E-state index < -0.39 is 12.0 Å². The molecule has 0 aliphatic carbocycles. The van der Waals surface area contributed by atoms with Crippen LogP contribution in [0.25, 0.3) is 0 Å². The maximum atomic E-state index is 11.0. The highest BCUT2D eigenvalue weighted by Crippen LogP contribution is 2.18. The van der Waals surface area contributed by atoms with Gasteiger partial charge in [0.15, 0.2) is 0 Å². The van der Waals surface area contributed by atoms with Crippen molar-refractivity contribution in [1.82, 2.24) is 10.2 Å². The Labute approximate surface area is 104 Å². The molecular formula is C13H26N2O2. The quantitative estimate of drug-likeness (QED) is 0.739. The zero-order valence-corrected chi connectivity index (χ0v) is 11.3. The Bertz CT molecular complexity index is 236. The molecule has 2 N–H and O–H groups in total. The number of likely N-dealkylation sites (tertiary alicyclic amines) is 1. The van der Waals surface area contributed by atoms with Crippen LogP contribution in [0.1, 0.15) is 33.1 Å². The van der Waals surface area contributed by atoms with Crippen molar-refractivity contribution >= 4 is 5.97 Å². The molecule has 1 saturated heterocycles. The fraction of sp³-hybridized carbons (Fsp3) is 0.923. The van der Waals surface area contributed by atoms with Gasteiger partial charge in [-0.1, -0.05) is 13.8 Å². The first-order valence-corrected chi connectivity index (χ1v) is 6.65. The Kier molecular flexibility index (Phi) is 5.92. The molecule has 1 aliphatic rings. The first-order valence-electron chi connectivity index (χ1n) is 6.65. The Morgan fingerprint density at radius 3 is 2.47 bits per heavy atom. The van der Waals surface area contributed by atoms with Gasteiger partial charge in [0.2, 0.25) is 0 Å². The molecule has 1 unspecified atom stereocenters. The summed E-state index contributed by atoms with van der Waals surface area (Å²) in [6.07, 6.45) is 3.60. The van der Waals surface area contributed by atoms with Crippen molar-refractivity contribution < 1.29 is 9.90 Å². The van der Waals surface area contributed by atoms with Crippen LogP contribution in [0.3, 0.4) is 0 Å². The number of carboxylic acid groups (broad SMARTS) is 1. The lowest BCUT2D eigenvalue weighted by Crippen LogP contribution is -2.42. The Morgan fingerprint density at radius 1 is 1.41 bits per heavy atom. The smallest absolute Gasteiger partial charge is 0.320 e. The number of carbonyl (C=O) groups is 1. The van der Waals surface area contributed by atoms with Crippen molar-refractivity contribution in [3.63, 3.8) is 0 Å². The van der Waals surface area contributed by atoms with Crippen LogP contribution in [-0.2, 0) is 4.79 Å². The predicted octanol–water partition coefficient (Wildman–Crippen LogP) is 1.42. The minimum atomic E-state index is -0.733. The zero-order valence-electron chi connectivity index (χ0n) is 11.3. The molecule has 0 aromatic carbocycles. The van der Waals surface area contributed by atoms with Crippen molar-refractivity contribution in [2.45, 2.75) is 39.2 Å². The van der Waals surface area contributed by atoms with Crippen molar-refractivity contribution in [3.8, 4) is 0 Å². The third kappa shape index (κ3) is 5.04. The number of nitrogens with zero attached hydrogens (tertiary/aromatic N) is 1. The number of hydrogen-bond donors (Lipinski definition) is 2. The second-order valence-electron chi connectivity index (χ2n) is 5.55. The van der Waals surface area contributed by atoms with E-state index in [1.165, 1.54) is 25.9 Å². The van der Waals surface area contributed by atoms with Crippen molar-refractivity contribution in [2.75, 3.05) is 26.7 Å². The lowest BCUT2D eigenvalue weighted by atomic mass is 9.93. The van der Waals surface area contributed by atoms with Crippen LogP contribution in [0.2, 0.25) is 0 Å². The van der Waals surface area contributed by atoms with Crippen molar-refractivity contribution in [3.05, 3.63) is 0 Å². The summed E-state index contributed by atoms with van der Waals surface area (Å²) in [6, 6.07) is -0.402. The Balaban J connectivity index is 2.20. The average Bonchev–Trinajstić information content (AvgIpc) is 2.25. The molecule has 100 valence electrons. The van der Waals surface area contributed by atoms with Crippen LogP contribution < -0.4 is 5.32 Å². The fourth-order valence-electron chi connectivity index (χ4n) is 2.40. The molecule has 1 atom stereocenters. The number of rotatable bonds is 6. The summed E-state index contributed by atoms with van der Waals surface area (Å²) in [5.74, 6) is 0.175. The van der Waals surface area contributed by atoms with Crippen LogP contribution in [0, 0.1) is 11.8 Å². The zero-order chi connectivity index (χ0) is 12.8. The normalized spacial score (nSPS) is 20.7. The van der Waals surface area contributed by atoms with E-state index in [0.717, 1.165) is 18.9 Å². The third-order valence-electron chi connectivity index (χ3n) is 3.69. The first-order chi connectivity index (χ1) is 8.00.